The number of nitrogens with zero attached hydrogens (tertiary/aromatic N) is 1. The number of phenols is 1. The van der Waals surface area contributed by atoms with Gasteiger partial charge in [0.1, 0.15) is 27.4 Å². The lowest BCUT2D eigenvalue weighted by molar-refractivity contribution is 0.194. The third-order valence-corrected chi connectivity index (χ3v) is 5.29. The number of aromatic nitrogens is 1. The fraction of sp³-hybridized carbons (Fsp3) is 0.421. The lowest BCUT2D eigenvalue weighted by atomic mass is 10.0. The number of hydrogen-bond acceptors (Lipinski definition) is 5. The van der Waals surface area contributed by atoms with Gasteiger partial charge in [-0.25, -0.2) is 4.98 Å². The molecule has 0 aliphatic rings. The Bertz CT molecular complexity index is 788. The highest BCUT2D eigenvalue weighted by molar-refractivity contribution is 7.27. The van der Waals surface area contributed by atoms with Gasteiger partial charge in [0, 0.05) is 25.8 Å². The summed E-state index contributed by atoms with van der Waals surface area (Å²) in [6.07, 6.45) is 1.86. The Kier molecular flexibility index (Phi) is 8.43. The molecule has 1 aromatic carbocycles. The zero-order chi connectivity index (χ0) is 20.0. The van der Waals surface area contributed by atoms with Gasteiger partial charge < -0.3 is 19.9 Å². The van der Waals surface area contributed by atoms with Gasteiger partial charge in [-0.05, 0) is 37.0 Å². The van der Waals surface area contributed by atoms with E-state index in [0.29, 0.717) is 45.9 Å². The van der Waals surface area contributed by atoms with E-state index in [1.54, 1.807) is 25.3 Å². The van der Waals surface area contributed by atoms with Crippen molar-refractivity contribution in [2.45, 2.75) is 32.6 Å². The van der Waals surface area contributed by atoms with Crippen molar-refractivity contribution >= 4 is 43.7 Å². The van der Waals surface area contributed by atoms with Gasteiger partial charge in [0.15, 0.2) is 5.75 Å². The molecule has 1 unspecified atom stereocenters. The minimum absolute atomic E-state index is 0.151. The first-order valence-corrected chi connectivity index (χ1v) is 10.1. The molecule has 2 rings (SSSR count). The highest BCUT2D eigenvalue weighted by atomic mass is 35.5. The van der Waals surface area contributed by atoms with Gasteiger partial charge in [0.25, 0.3) is 0 Å². The topological polar surface area (TPSA) is 63.6 Å². The zero-order valence-corrected chi connectivity index (χ0v) is 18.3. The van der Waals surface area contributed by atoms with Crippen LogP contribution in [-0.2, 0) is 4.74 Å². The van der Waals surface area contributed by atoms with Gasteiger partial charge >= 0.3 is 0 Å². The Labute approximate surface area is 172 Å². The maximum atomic E-state index is 9.99. The summed E-state index contributed by atoms with van der Waals surface area (Å²) >= 11 is 12.9. The smallest absolute Gasteiger partial charge is 0.170 e. The van der Waals surface area contributed by atoms with Crippen molar-refractivity contribution in [3.63, 3.8) is 0 Å². The molecule has 148 valence electrons. The lowest BCUT2D eigenvalue weighted by Crippen LogP contribution is -2.11. The number of halogens is 2. The standard InChI is InChI=1S/C19H25Cl2N2O3P/c1-11(2)13-10-12(6-7-14(13)24)26-17-15(20)18(23-19(27)16(17)21)22-8-4-5-9-25-3/h6-7,10-11,24H,4-5,8-9,27H2,1-3H3,(H,22,23). The Morgan fingerprint density at radius 1 is 1.22 bits per heavy atom. The van der Waals surface area contributed by atoms with Crippen LogP contribution in [0.25, 0.3) is 0 Å². The van der Waals surface area contributed by atoms with E-state index in [0.717, 1.165) is 18.4 Å². The van der Waals surface area contributed by atoms with Crippen LogP contribution in [0.3, 0.4) is 0 Å². The van der Waals surface area contributed by atoms with Crippen molar-refractivity contribution in [1.29, 1.82) is 0 Å². The molecule has 8 heteroatoms. The largest absolute Gasteiger partial charge is 0.508 e. The van der Waals surface area contributed by atoms with Crippen LogP contribution in [0.2, 0.25) is 10.0 Å². The number of rotatable bonds is 9. The predicted molar refractivity (Wildman–Crippen MR) is 115 cm³/mol. The molecule has 0 aliphatic carbocycles. The van der Waals surface area contributed by atoms with Crippen LogP contribution in [0.4, 0.5) is 5.82 Å². The fourth-order valence-electron chi connectivity index (χ4n) is 2.50. The summed E-state index contributed by atoms with van der Waals surface area (Å²) in [6, 6.07) is 5.06. The highest BCUT2D eigenvalue weighted by Gasteiger charge is 2.18. The number of nitrogens with one attached hydrogen (secondary N) is 1. The minimum Gasteiger partial charge on any atom is -0.508 e. The Morgan fingerprint density at radius 2 is 1.96 bits per heavy atom. The number of anilines is 1. The van der Waals surface area contributed by atoms with Crippen molar-refractivity contribution in [2.75, 3.05) is 25.6 Å². The maximum absolute atomic E-state index is 9.99. The number of ether oxygens (including phenoxy) is 2. The molecule has 0 aliphatic heterocycles. The van der Waals surface area contributed by atoms with Crippen molar-refractivity contribution < 1.29 is 14.6 Å². The van der Waals surface area contributed by atoms with Crippen molar-refractivity contribution in [1.82, 2.24) is 4.98 Å². The van der Waals surface area contributed by atoms with Gasteiger partial charge in [-0.1, -0.05) is 46.3 Å². The van der Waals surface area contributed by atoms with E-state index in [2.05, 4.69) is 19.5 Å². The summed E-state index contributed by atoms with van der Waals surface area (Å²) in [7, 11) is 4.17. The van der Waals surface area contributed by atoms with E-state index in [9.17, 15) is 5.11 Å². The SMILES string of the molecule is COCCCCNc1nc(P)c(Cl)c(Oc2ccc(O)c(C(C)C)c2)c1Cl. The number of aromatic hydroxyl groups is 1. The fourth-order valence-corrected chi connectivity index (χ4v) is 3.23. The minimum atomic E-state index is 0.151. The first-order valence-electron chi connectivity index (χ1n) is 8.73. The number of phenolic OH excluding ortho intramolecular Hbond substituents is 1. The molecule has 0 fully saturated rings. The normalized spacial score (nSPS) is 11.1. The number of hydrogen-bond donors (Lipinski definition) is 2. The molecule has 2 aromatic rings. The Morgan fingerprint density at radius 3 is 2.63 bits per heavy atom. The van der Waals surface area contributed by atoms with E-state index in [4.69, 9.17) is 32.7 Å². The van der Waals surface area contributed by atoms with Crippen LogP contribution >= 0.6 is 32.4 Å². The van der Waals surface area contributed by atoms with Gasteiger partial charge in [0.05, 0.1) is 5.44 Å². The molecule has 0 bridgehead atoms. The monoisotopic (exact) mass is 430 g/mol. The molecular formula is C19H25Cl2N2O3P. The Hall–Kier alpha value is -1.26. The first-order chi connectivity index (χ1) is 12.8. The molecule has 5 nitrogen and oxygen atoms in total. The van der Waals surface area contributed by atoms with E-state index in [1.165, 1.54) is 0 Å². The zero-order valence-electron chi connectivity index (χ0n) is 15.7. The molecular weight excluding hydrogens is 406 g/mol. The first kappa shape index (κ1) is 22.0. The second-order valence-corrected chi connectivity index (χ2v) is 7.71. The van der Waals surface area contributed by atoms with E-state index < -0.39 is 0 Å². The van der Waals surface area contributed by atoms with Gasteiger partial charge in [-0.3, -0.25) is 0 Å². The second-order valence-electron chi connectivity index (χ2n) is 6.41. The third-order valence-electron chi connectivity index (χ3n) is 3.97. The van der Waals surface area contributed by atoms with E-state index in [-0.39, 0.29) is 11.7 Å². The molecule has 27 heavy (non-hydrogen) atoms. The van der Waals surface area contributed by atoms with Crippen LogP contribution in [-0.4, -0.2) is 30.4 Å². The average molecular weight is 431 g/mol. The van der Waals surface area contributed by atoms with Crippen LogP contribution in [0.1, 0.15) is 38.2 Å². The van der Waals surface area contributed by atoms with Crippen molar-refractivity contribution in [2.24, 2.45) is 0 Å². The molecule has 1 aromatic heterocycles. The molecule has 0 spiro atoms. The molecule has 0 radical (unpaired) electrons. The van der Waals surface area contributed by atoms with Crippen LogP contribution in [0, 0.1) is 0 Å². The summed E-state index contributed by atoms with van der Waals surface area (Å²) in [5, 5.41) is 13.8. The van der Waals surface area contributed by atoms with E-state index >= 15 is 0 Å². The van der Waals surface area contributed by atoms with Gasteiger partial charge in [-0.15, -0.1) is 0 Å². The lowest BCUT2D eigenvalue weighted by Gasteiger charge is -2.16. The molecule has 0 amide bonds. The second kappa shape index (κ2) is 10.3. The van der Waals surface area contributed by atoms with Gasteiger partial charge in [0.2, 0.25) is 0 Å². The summed E-state index contributed by atoms with van der Waals surface area (Å²) < 4.78 is 11.0. The van der Waals surface area contributed by atoms with Crippen molar-refractivity contribution in [3.8, 4) is 17.2 Å². The van der Waals surface area contributed by atoms with Crippen molar-refractivity contribution in [3.05, 3.63) is 33.8 Å². The molecule has 0 saturated heterocycles. The van der Waals surface area contributed by atoms with Gasteiger partial charge in [-0.2, -0.15) is 0 Å². The average Bonchev–Trinajstić information content (AvgIpc) is 2.63. The van der Waals surface area contributed by atoms with Crippen LogP contribution in [0.5, 0.6) is 17.2 Å². The summed E-state index contributed by atoms with van der Waals surface area (Å²) in [4.78, 5) is 4.39. The molecule has 2 N–H and O–H groups in total. The predicted octanol–water partition coefficient (Wildman–Crippen LogP) is 5.35. The molecule has 1 heterocycles. The number of methoxy groups -OCH3 is 1. The number of benzene rings is 1. The molecule has 1 atom stereocenters. The summed E-state index contributed by atoms with van der Waals surface area (Å²) in [5.74, 6) is 1.77. The maximum Gasteiger partial charge on any atom is 0.170 e. The van der Waals surface area contributed by atoms with E-state index in [1.807, 2.05) is 13.8 Å². The number of unbranched alkanes of at least 4 members (excludes halogenated alkanes) is 1. The molecule has 0 saturated carbocycles. The number of pyridine rings is 1. The quantitative estimate of drug-likeness (QED) is 0.414. The summed E-state index contributed by atoms with van der Waals surface area (Å²) in [6.45, 7) is 5.42. The third kappa shape index (κ3) is 5.86. The van der Waals surface area contributed by atoms with Crippen LogP contribution in [0.15, 0.2) is 18.2 Å². The van der Waals surface area contributed by atoms with Crippen LogP contribution < -0.4 is 15.5 Å². The Balaban J connectivity index is 2.24. The summed E-state index contributed by atoms with van der Waals surface area (Å²) in [5.41, 5.74) is 1.33. The highest BCUT2D eigenvalue weighted by Crippen LogP contribution is 2.40.